The van der Waals surface area contributed by atoms with Crippen molar-refractivity contribution >= 4 is 33.1 Å². The first-order valence-corrected chi connectivity index (χ1v) is 12.0. The van der Waals surface area contributed by atoms with Crippen LogP contribution in [0.15, 0.2) is 77.4 Å². The summed E-state index contributed by atoms with van der Waals surface area (Å²) in [7, 11) is 0. The highest BCUT2D eigenvalue weighted by molar-refractivity contribution is 7.14. The molecule has 6 nitrogen and oxygen atoms in total. The van der Waals surface area contributed by atoms with Crippen LogP contribution in [-0.4, -0.2) is 27.2 Å². The number of aromatic nitrogens is 3. The Labute approximate surface area is 196 Å². The first-order chi connectivity index (χ1) is 16.1. The van der Waals surface area contributed by atoms with Gasteiger partial charge in [-0.3, -0.25) is 14.5 Å². The van der Waals surface area contributed by atoms with Crippen LogP contribution < -0.4 is 10.5 Å². The predicted octanol–water partition coefficient (Wildman–Crippen LogP) is 5.54. The number of aryl methyl sites for hydroxylation is 1. The molecule has 0 radical (unpaired) electrons. The molecule has 0 atom stereocenters. The van der Waals surface area contributed by atoms with Crippen molar-refractivity contribution in [2.75, 3.05) is 11.4 Å². The third-order valence-electron chi connectivity index (χ3n) is 5.39. The number of hydrogen-bond donors (Lipinski definition) is 0. The highest BCUT2D eigenvalue weighted by Gasteiger charge is 2.25. The van der Waals surface area contributed by atoms with Gasteiger partial charge in [-0.1, -0.05) is 74.4 Å². The molecule has 33 heavy (non-hydrogen) atoms. The molecule has 4 aromatic rings. The Kier molecular flexibility index (Phi) is 7.10. The molecule has 2 aromatic carbocycles. The van der Waals surface area contributed by atoms with Crippen LogP contribution in [0.5, 0.6) is 0 Å². The highest BCUT2D eigenvalue weighted by atomic mass is 32.1. The zero-order valence-corrected chi connectivity index (χ0v) is 19.4. The lowest BCUT2D eigenvalue weighted by Crippen LogP contribution is -2.34. The van der Waals surface area contributed by atoms with Gasteiger partial charge in [0.1, 0.15) is 0 Å². The van der Waals surface area contributed by atoms with Gasteiger partial charge in [0.2, 0.25) is 0 Å². The number of fused-ring (bicyclic) bond motifs is 1. The molecule has 0 aliphatic carbocycles. The van der Waals surface area contributed by atoms with E-state index < -0.39 is 0 Å². The maximum absolute atomic E-state index is 13.8. The molecule has 2 heterocycles. The van der Waals surface area contributed by atoms with E-state index >= 15 is 0 Å². The zero-order valence-electron chi connectivity index (χ0n) is 18.6. The highest BCUT2D eigenvalue weighted by Crippen LogP contribution is 2.29. The molecule has 0 saturated carbocycles. The van der Waals surface area contributed by atoms with Crippen molar-refractivity contribution in [1.29, 1.82) is 0 Å². The zero-order chi connectivity index (χ0) is 23.2. The van der Waals surface area contributed by atoms with Gasteiger partial charge in [-0.05, 0) is 12.5 Å². The molecule has 0 N–H and O–H groups in total. The minimum atomic E-state index is -0.302. The van der Waals surface area contributed by atoms with Crippen molar-refractivity contribution in [3.8, 4) is 11.3 Å². The molecule has 0 bridgehead atoms. The van der Waals surface area contributed by atoms with E-state index in [1.54, 1.807) is 23.1 Å². The number of hydrogen-bond acceptors (Lipinski definition) is 5. The predicted molar refractivity (Wildman–Crippen MR) is 135 cm³/mol. The molecule has 2 aromatic heterocycles. The van der Waals surface area contributed by atoms with Crippen molar-refractivity contribution < 1.29 is 4.79 Å². The number of benzene rings is 2. The SMILES string of the molecule is C=CCN(C(=O)c1nn(CCCCC)c(=O)c2ccccc12)c1nc(-c2ccccc2)cs1. The third-order valence-corrected chi connectivity index (χ3v) is 6.26. The molecular weight excluding hydrogens is 432 g/mol. The van der Waals surface area contributed by atoms with Crippen molar-refractivity contribution in [2.45, 2.75) is 32.7 Å². The lowest BCUT2D eigenvalue weighted by molar-refractivity contribution is 0.0984. The summed E-state index contributed by atoms with van der Waals surface area (Å²) in [5.74, 6) is -0.302. The summed E-state index contributed by atoms with van der Waals surface area (Å²) in [6.07, 6.45) is 4.53. The number of rotatable bonds is 9. The van der Waals surface area contributed by atoms with Crippen molar-refractivity contribution in [1.82, 2.24) is 14.8 Å². The number of carbonyl (C=O) groups excluding carboxylic acids is 1. The van der Waals surface area contributed by atoms with Crippen LogP contribution in [0.4, 0.5) is 5.13 Å². The number of amides is 1. The first kappa shape index (κ1) is 22.6. The van der Waals surface area contributed by atoms with Crippen LogP contribution in [0.3, 0.4) is 0 Å². The second-order valence-corrected chi connectivity index (χ2v) is 8.55. The maximum atomic E-state index is 13.8. The van der Waals surface area contributed by atoms with Gasteiger partial charge in [0.25, 0.3) is 11.5 Å². The van der Waals surface area contributed by atoms with Crippen molar-refractivity contribution in [3.05, 3.63) is 88.7 Å². The normalized spacial score (nSPS) is 10.9. The largest absolute Gasteiger partial charge is 0.281 e. The third kappa shape index (κ3) is 4.78. The Hall–Kier alpha value is -3.58. The quantitative estimate of drug-likeness (QED) is 0.244. The molecule has 7 heteroatoms. The molecule has 0 spiro atoms. The summed E-state index contributed by atoms with van der Waals surface area (Å²) in [5, 5.41) is 8.06. The van der Waals surface area contributed by atoms with Gasteiger partial charge >= 0.3 is 0 Å². The molecule has 0 aliphatic rings. The second kappa shape index (κ2) is 10.4. The summed E-state index contributed by atoms with van der Waals surface area (Å²) in [4.78, 5) is 33.0. The van der Waals surface area contributed by atoms with Crippen LogP contribution in [0.1, 0.15) is 36.7 Å². The van der Waals surface area contributed by atoms with Crippen LogP contribution in [-0.2, 0) is 6.54 Å². The average Bonchev–Trinajstić information content (AvgIpc) is 3.34. The van der Waals surface area contributed by atoms with Gasteiger partial charge in [-0.15, -0.1) is 17.9 Å². The number of unbranched alkanes of at least 4 members (excludes halogenated alkanes) is 2. The number of carbonyl (C=O) groups is 1. The van der Waals surface area contributed by atoms with Crippen LogP contribution in [0, 0.1) is 0 Å². The number of nitrogens with zero attached hydrogens (tertiary/aromatic N) is 4. The van der Waals surface area contributed by atoms with Gasteiger partial charge in [0.15, 0.2) is 10.8 Å². The van der Waals surface area contributed by atoms with Gasteiger partial charge in [-0.25, -0.2) is 9.67 Å². The molecule has 1 amide bonds. The lowest BCUT2D eigenvalue weighted by Gasteiger charge is -2.19. The van der Waals surface area contributed by atoms with Crippen molar-refractivity contribution in [2.24, 2.45) is 0 Å². The van der Waals surface area contributed by atoms with E-state index in [-0.39, 0.29) is 23.7 Å². The Morgan fingerprint density at radius 1 is 1.09 bits per heavy atom. The van der Waals surface area contributed by atoms with E-state index in [0.29, 0.717) is 22.4 Å². The molecule has 168 valence electrons. The monoisotopic (exact) mass is 458 g/mol. The fourth-order valence-electron chi connectivity index (χ4n) is 3.69. The summed E-state index contributed by atoms with van der Waals surface area (Å²) in [6.45, 7) is 6.69. The Morgan fingerprint density at radius 3 is 2.55 bits per heavy atom. The fraction of sp³-hybridized carbons (Fsp3) is 0.231. The van der Waals surface area contributed by atoms with Crippen molar-refractivity contribution in [3.63, 3.8) is 0 Å². The summed E-state index contributed by atoms with van der Waals surface area (Å²) < 4.78 is 1.43. The maximum Gasteiger partial charge on any atom is 0.281 e. The van der Waals surface area contributed by atoms with Crippen LogP contribution in [0.25, 0.3) is 22.0 Å². The Bertz CT molecular complexity index is 1330. The molecule has 0 saturated heterocycles. The van der Waals surface area contributed by atoms with E-state index in [1.165, 1.54) is 16.0 Å². The van der Waals surface area contributed by atoms with Gasteiger partial charge in [0.05, 0.1) is 11.1 Å². The summed E-state index contributed by atoms with van der Waals surface area (Å²) in [5.41, 5.74) is 1.87. The smallest absolute Gasteiger partial charge is 0.279 e. The Balaban J connectivity index is 1.76. The average molecular weight is 459 g/mol. The van der Waals surface area contributed by atoms with E-state index in [1.807, 2.05) is 47.8 Å². The van der Waals surface area contributed by atoms with E-state index in [2.05, 4.69) is 18.6 Å². The first-order valence-electron chi connectivity index (χ1n) is 11.1. The van der Waals surface area contributed by atoms with Crippen LogP contribution >= 0.6 is 11.3 Å². The van der Waals surface area contributed by atoms with Gasteiger partial charge < -0.3 is 0 Å². The lowest BCUT2D eigenvalue weighted by atomic mass is 10.1. The van der Waals surface area contributed by atoms with Gasteiger partial charge in [-0.2, -0.15) is 5.10 Å². The molecule has 0 unspecified atom stereocenters. The fourth-order valence-corrected chi connectivity index (χ4v) is 4.53. The number of anilines is 1. The molecular formula is C26H26N4O2S. The van der Waals surface area contributed by atoms with Gasteiger partial charge in [0, 0.05) is 29.4 Å². The molecule has 4 rings (SSSR count). The minimum absolute atomic E-state index is 0.172. The molecule has 0 aliphatic heterocycles. The number of thiazole rings is 1. The summed E-state index contributed by atoms with van der Waals surface area (Å²) in [6, 6.07) is 17.0. The second-order valence-electron chi connectivity index (χ2n) is 7.72. The Morgan fingerprint density at radius 2 is 1.82 bits per heavy atom. The standard InChI is InChI=1S/C26H26N4O2S/c1-3-5-11-17-30-24(31)21-15-10-9-14-20(21)23(28-30)25(32)29(16-4-2)26-27-22(18-33-26)19-12-7-6-8-13-19/h4,6-10,12-15,18H,2-3,5,11,16-17H2,1H3. The minimum Gasteiger partial charge on any atom is -0.279 e. The topological polar surface area (TPSA) is 68.1 Å². The van der Waals surface area contributed by atoms with Crippen LogP contribution in [0.2, 0.25) is 0 Å². The summed E-state index contributed by atoms with van der Waals surface area (Å²) >= 11 is 1.39. The molecule has 0 fully saturated rings. The van der Waals surface area contributed by atoms with E-state index in [4.69, 9.17) is 4.98 Å². The van der Waals surface area contributed by atoms with E-state index in [9.17, 15) is 9.59 Å². The van der Waals surface area contributed by atoms with E-state index in [0.717, 1.165) is 30.5 Å².